The van der Waals surface area contributed by atoms with Gasteiger partial charge in [0.1, 0.15) is 17.0 Å². The van der Waals surface area contributed by atoms with Crippen molar-refractivity contribution in [3.63, 3.8) is 0 Å². The SMILES string of the molecule is COc1ccc2c(c1Cl)C(=O)N(C[C@@]1(c3cc4ncccc4o3)NC(=O)NC1=O)C2. The maximum Gasteiger partial charge on any atom is 0.322 e. The van der Waals surface area contributed by atoms with Crippen LogP contribution >= 0.6 is 11.6 Å². The number of pyridine rings is 1. The van der Waals surface area contributed by atoms with Crippen LogP contribution in [0.25, 0.3) is 11.1 Å². The van der Waals surface area contributed by atoms with Crippen LogP contribution < -0.4 is 15.4 Å². The Labute approximate surface area is 174 Å². The van der Waals surface area contributed by atoms with Gasteiger partial charge in [-0.3, -0.25) is 19.9 Å². The Morgan fingerprint density at radius 3 is 2.83 bits per heavy atom. The number of methoxy groups -OCH3 is 1. The summed E-state index contributed by atoms with van der Waals surface area (Å²) in [7, 11) is 1.47. The lowest BCUT2D eigenvalue weighted by atomic mass is 9.95. The van der Waals surface area contributed by atoms with Crippen LogP contribution in [0, 0.1) is 0 Å². The molecule has 1 saturated heterocycles. The lowest BCUT2D eigenvalue weighted by Crippen LogP contribution is -2.52. The molecule has 2 aliphatic heterocycles. The maximum atomic E-state index is 13.1. The fourth-order valence-corrected chi connectivity index (χ4v) is 4.24. The van der Waals surface area contributed by atoms with E-state index in [-0.39, 0.29) is 29.8 Å². The van der Waals surface area contributed by atoms with Crippen LogP contribution in [0.3, 0.4) is 0 Å². The van der Waals surface area contributed by atoms with Gasteiger partial charge in [0.05, 0.1) is 24.2 Å². The standard InChI is InChI=1S/C20H15ClN4O5/c1-29-13-5-4-10-8-25(17(26)15(10)16(13)21)9-20(18(27)23-19(28)24-20)14-7-11-12(30-14)3-2-6-22-11/h2-7H,8-9H2,1H3,(H2,23,24,27,28)/t20-/m0/s1. The molecule has 0 bridgehead atoms. The predicted molar refractivity (Wildman–Crippen MR) is 105 cm³/mol. The zero-order valence-electron chi connectivity index (χ0n) is 15.7. The highest BCUT2D eigenvalue weighted by atomic mass is 35.5. The van der Waals surface area contributed by atoms with Crippen LogP contribution in [0.4, 0.5) is 4.79 Å². The summed E-state index contributed by atoms with van der Waals surface area (Å²) >= 11 is 6.34. The molecule has 9 nitrogen and oxygen atoms in total. The number of nitrogens with zero attached hydrogens (tertiary/aromatic N) is 2. The van der Waals surface area contributed by atoms with E-state index in [0.717, 1.165) is 0 Å². The number of benzene rings is 1. The monoisotopic (exact) mass is 426 g/mol. The molecule has 4 amide bonds. The quantitative estimate of drug-likeness (QED) is 0.618. The highest BCUT2D eigenvalue weighted by Gasteiger charge is 2.53. The van der Waals surface area contributed by atoms with E-state index in [1.54, 1.807) is 36.5 Å². The van der Waals surface area contributed by atoms with Gasteiger partial charge in [-0.15, -0.1) is 0 Å². The number of carbonyl (C=O) groups excluding carboxylic acids is 3. The van der Waals surface area contributed by atoms with Crippen LogP contribution in [-0.4, -0.2) is 41.4 Å². The second-order valence-electron chi connectivity index (χ2n) is 7.09. The number of fused-ring (bicyclic) bond motifs is 2. The molecule has 2 N–H and O–H groups in total. The number of rotatable bonds is 4. The highest BCUT2D eigenvalue weighted by molar-refractivity contribution is 6.35. The molecule has 1 fully saturated rings. The van der Waals surface area contributed by atoms with E-state index in [2.05, 4.69) is 15.6 Å². The molecule has 2 aromatic heterocycles. The van der Waals surface area contributed by atoms with Crippen molar-refractivity contribution in [3.8, 4) is 5.75 Å². The van der Waals surface area contributed by atoms with Gasteiger partial charge in [-0.1, -0.05) is 17.7 Å². The van der Waals surface area contributed by atoms with Gasteiger partial charge in [0, 0.05) is 18.8 Å². The van der Waals surface area contributed by atoms with E-state index in [1.165, 1.54) is 12.0 Å². The molecule has 3 aromatic rings. The Morgan fingerprint density at radius 1 is 1.30 bits per heavy atom. The van der Waals surface area contributed by atoms with Crippen LogP contribution in [-0.2, 0) is 16.9 Å². The average Bonchev–Trinajstić information content (AvgIpc) is 3.37. The number of hydrogen-bond acceptors (Lipinski definition) is 6. The van der Waals surface area contributed by atoms with Gasteiger partial charge >= 0.3 is 6.03 Å². The van der Waals surface area contributed by atoms with Gasteiger partial charge in [-0.05, 0) is 23.8 Å². The average molecular weight is 427 g/mol. The highest BCUT2D eigenvalue weighted by Crippen LogP contribution is 2.38. The minimum absolute atomic E-state index is 0.142. The van der Waals surface area contributed by atoms with Gasteiger partial charge in [0.15, 0.2) is 11.1 Å². The second-order valence-corrected chi connectivity index (χ2v) is 7.47. The molecular weight excluding hydrogens is 412 g/mol. The third-order valence-corrected chi connectivity index (χ3v) is 5.73. The number of imide groups is 1. The van der Waals surface area contributed by atoms with Crippen molar-refractivity contribution in [2.45, 2.75) is 12.1 Å². The molecule has 0 saturated carbocycles. The van der Waals surface area contributed by atoms with Gasteiger partial charge in [-0.2, -0.15) is 0 Å². The van der Waals surface area contributed by atoms with Crippen molar-refractivity contribution in [2.75, 3.05) is 13.7 Å². The minimum atomic E-state index is -1.59. The number of urea groups is 1. The lowest BCUT2D eigenvalue weighted by Gasteiger charge is -2.29. The molecule has 0 aliphatic carbocycles. The fraction of sp³-hybridized carbons (Fsp3) is 0.200. The van der Waals surface area contributed by atoms with Gasteiger partial charge in [-0.25, -0.2) is 4.79 Å². The van der Waals surface area contributed by atoms with Crippen molar-refractivity contribution < 1.29 is 23.5 Å². The second kappa shape index (κ2) is 6.46. The summed E-state index contributed by atoms with van der Waals surface area (Å²) in [5, 5.41) is 5.08. The van der Waals surface area contributed by atoms with E-state index in [9.17, 15) is 14.4 Å². The van der Waals surface area contributed by atoms with Gasteiger partial charge < -0.3 is 19.4 Å². The molecule has 152 valence electrons. The zero-order chi connectivity index (χ0) is 21.0. The number of furan rings is 1. The largest absolute Gasteiger partial charge is 0.495 e. The molecule has 2 aliphatic rings. The first kappa shape index (κ1) is 18.4. The van der Waals surface area contributed by atoms with Crippen LogP contribution in [0.1, 0.15) is 21.7 Å². The number of carbonyl (C=O) groups is 3. The summed E-state index contributed by atoms with van der Waals surface area (Å²) < 4.78 is 11.0. The Balaban J connectivity index is 1.56. The number of hydrogen-bond donors (Lipinski definition) is 2. The molecule has 5 rings (SSSR count). The fourth-order valence-electron chi connectivity index (χ4n) is 3.90. The summed E-state index contributed by atoms with van der Waals surface area (Å²) in [5.74, 6) is -0.405. The lowest BCUT2D eigenvalue weighted by molar-refractivity contribution is -0.125. The van der Waals surface area contributed by atoms with E-state index >= 15 is 0 Å². The number of ether oxygens (including phenoxy) is 1. The Morgan fingerprint density at radius 2 is 2.13 bits per heavy atom. The van der Waals surface area contributed by atoms with Gasteiger partial charge in [0.2, 0.25) is 0 Å². The first-order valence-corrected chi connectivity index (χ1v) is 9.44. The smallest absolute Gasteiger partial charge is 0.322 e. The third-order valence-electron chi connectivity index (χ3n) is 5.35. The van der Waals surface area contributed by atoms with E-state index in [0.29, 0.717) is 28.0 Å². The summed E-state index contributed by atoms with van der Waals surface area (Å²) in [4.78, 5) is 43.6. The topological polar surface area (TPSA) is 114 Å². The number of aromatic nitrogens is 1. The molecule has 0 radical (unpaired) electrons. The minimum Gasteiger partial charge on any atom is -0.495 e. The van der Waals surface area contributed by atoms with Crippen LogP contribution in [0.2, 0.25) is 5.02 Å². The van der Waals surface area contributed by atoms with Crippen molar-refractivity contribution in [2.24, 2.45) is 0 Å². The molecule has 4 heterocycles. The summed E-state index contributed by atoms with van der Waals surface area (Å²) in [6.07, 6.45) is 1.59. The third kappa shape index (κ3) is 2.55. The van der Waals surface area contributed by atoms with Crippen molar-refractivity contribution in [1.82, 2.24) is 20.5 Å². The predicted octanol–water partition coefficient (Wildman–Crippen LogP) is 2.18. The molecule has 1 atom stereocenters. The Bertz CT molecular complexity index is 1210. The molecule has 1 aromatic carbocycles. The van der Waals surface area contributed by atoms with Crippen molar-refractivity contribution >= 4 is 40.5 Å². The number of amides is 4. The van der Waals surface area contributed by atoms with E-state index < -0.39 is 17.5 Å². The summed E-state index contributed by atoms with van der Waals surface area (Å²) in [6.45, 7) is 0.0812. The first-order valence-electron chi connectivity index (χ1n) is 9.06. The first-order chi connectivity index (χ1) is 14.4. The normalized spacial score (nSPS) is 20.5. The van der Waals surface area contributed by atoms with E-state index in [1.807, 2.05) is 0 Å². The van der Waals surface area contributed by atoms with E-state index in [4.69, 9.17) is 20.8 Å². The summed E-state index contributed by atoms with van der Waals surface area (Å²) in [6, 6.07) is 7.76. The summed E-state index contributed by atoms with van der Waals surface area (Å²) in [5.41, 5.74) is 0.430. The van der Waals surface area contributed by atoms with Crippen molar-refractivity contribution in [3.05, 3.63) is 58.4 Å². The molecule has 30 heavy (non-hydrogen) atoms. The van der Waals surface area contributed by atoms with Crippen molar-refractivity contribution in [1.29, 1.82) is 0 Å². The Hall–Kier alpha value is -3.59. The van der Waals surface area contributed by atoms with Crippen LogP contribution in [0.15, 0.2) is 40.9 Å². The molecule has 0 unspecified atom stereocenters. The molecular formula is C20H15ClN4O5. The number of nitrogens with one attached hydrogen (secondary N) is 2. The number of halogens is 1. The Kier molecular flexibility index (Phi) is 3.97. The van der Waals surface area contributed by atoms with Crippen LogP contribution in [0.5, 0.6) is 5.75 Å². The van der Waals surface area contributed by atoms with Gasteiger partial charge in [0.25, 0.3) is 11.8 Å². The molecule has 0 spiro atoms. The maximum absolute atomic E-state index is 13.1. The molecule has 10 heteroatoms. The zero-order valence-corrected chi connectivity index (χ0v) is 16.4.